The molecule has 4 fully saturated rings. The molecule has 1 aromatic rings. The van der Waals surface area contributed by atoms with Crippen molar-refractivity contribution in [1.29, 1.82) is 0 Å². The highest BCUT2D eigenvalue weighted by Crippen LogP contribution is 2.56. The van der Waals surface area contributed by atoms with E-state index in [0.717, 1.165) is 37.0 Å². The van der Waals surface area contributed by atoms with Crippen molar-refractivity contribution in [2.75, 3.05) is 5.32 Å². The van der Waals surface area contributed by atoms with Crippen LogP contribution < -0.4 is 5.32 Å². The number of nitrogens with zero attached hydrogens (tertiary/aromatic N) is 2. The Hall–Kier alpha value is -2.18. The van der Waals surface area contributed by atoms with Crippen LogP contribution in [0.2, 0.25) is 0 Å². The Labute approximate surface area is 159 Å². The fourth-order valence-corrected chi connectivity index (χ4v) is 5.66. The maximum absolute atomic E-state index is 12.7. The summed E-state index contributed by atoms with van der Waals surface area (Å²) in [6.07, 6.45) is 8.42. The zero-order chi connectivity index (χ0) is 19.4. The fourth-order valence-electron chi connectivity index (χ4n) is 5.66. The summed E-state index contributed by atoms with van der Waals surface area (Å²) in [5, 5.41) is 14.7. The second kappa shape index (κ2) is 6.17. The number of rotatable bonds is 4. The first-order valence-electron chi connectivity index (χ1n) is 9.78. The molecule has 0 aromatic carbocycles. The van der Waals surface area contributed by atoms with E-state index in [4.69, 9.17) is 4.74 Å². The van der Waals surface area contributed by atoms with Crippen molar-refractivity contribution in [3.8, 4) is 0 Å². The van der Waals surface area contributed by atoms with Gasteiger partial charge in [-0.1, -0.05) is 0 Å². The lowest BCUT2D eigenvalue weighted by Gasteiger charge is -2.57. The summed E-state index contributed by atoms with van der Waals surface area (Å²) in [5.74, 6) is 2.06. The van der Waals surface area contributed by atoms with Crippen LogP contribution >= 0.6 is 0 Å². The molecule has 4 aliphatic rings. The molecule has 1 N–H and O–H groups in total. The Bertz CT molecular complexity index is 749. The quantitative estimate of drug-likeness (QED) is 0.480. The lowest BCUT2D eigenvalue weighted by Crippen LogP contribution is -2.55. The lowest BCUT2D eigenvalue weighted by molar-refractivity contribution is -0.385. The molecule has 0 saturated heterocycles. The van der Waals surface area contributed by atoms with Gasteiger partial charge in [0.1, 0.15) is 23.2 Å². The van der Waals surface area contributed by atoms with E-state index in [1.54, 1.807) is 20.8 Å². The molecule has 0 radical (unpaired) electrons. The number of aromatic nitrogens is 1. The van der Waals surface area contributed by atoms with Crippen LogP contribution in [-0.2, 0) is 4.74 Å². The number of hydrogen-bond donors (Lipinski definition) is 1. The second-order valence-electron chi connectivity index (χ2n) is 9.67. The maximum Gasteiger partial charge on any atom is 0.342 e. The zero-order valence-corrected chi connectivity index (χ0v) is 16.2. The van der Waals surface area contributed by atoms with Gasteiger partial charge in [-0.2, -0.15) is 0 Å². The third kappa shape index (κ3) is 3.64. The molecular weight excluding hydrogens is 346 g/mol. The molecule has 1 heterocycles. The molecule has 7 heteroatoms. The molecule has 0 aliphatic heterocycles. The van der Waals surface area contributed by atoms with Crippen LogP contribution in [0, 0.1) is 27.9 Å². The summed E-state index contributed by atoms with van der Waals surface area (Å²) in [6, 6.07) is 1.28. The van der Waals surface area contributed by atoms with Crippen molar-refractivity contribution < 1.29 is 14.5 Å². The number of nitrogens with one attached hydrogen (secondary N) is 1. The summed E-state index contributed by atoms with van der Waals surface area (Å²) in [4.78, 5) is 27.6. The van der Waals surface area contributed by atoms with Crippen LogP contribution in [0.5, 0.6) is 0 Å². The predicted octanol–water partition coefficient (Wildman–Crippen LogP) is 4.33. The number of pyridine rings is 1. The lowest BCUT2D eigenvalue weighted by atomic mass is 9.53. The summed E-state index contributed by atoms with van der Waals surface area (Å²) in [6.45, 7) is 5.34. The van der Waals surface area contributed by atoms with Crippen LogP contribution in [-0.4, -0.2) is 27.0 Å². The Kier molecular flexibility index (Phi) is 4.16. The number of carbonyl (C=O) groups excluding carboxylic acids is 1. The monoisotopic (exact) mass is 373 g/mol. The van der Waals surface area contributed by atoms with Crippen LogP contribution in [0.15, 0.2) is 12.3 Å². The normalized spacial score (nSPS) is 31.6. The number of ether oxygens (including phenoxy) is 1. The Morgan fingerprint density at radius 3 is 2.26 bits per heavy atom. The third-order valence-corrected chi connectivity index (χ3v) is 6.12. The van der Waals surface area contributed by atoms with Crippen LogP contribution in [0.1, 0.15) is 69.7 Å². The van der Waals surface area contributed by atoms with E-state index in [2.05, 4.69) is 10.3 Å². The van der Waals surface area contributed by atoms with Gasteiger partial charge in [0.15, 0.2) is 0 Å². The van der Waals surface area contributed by atoms with Crippen molar-refractivity contribution in [3.05, 3.63) is 27.9 Å². The van der Waals surface area contributed by atoms with Crippen LogP contribution in [0.4, 0.5) is 11.5 Å². The summed E-state index contributed by atoms with van der Waals surface area (Å²) in [5.41, 5.74) is -0.782. The molecule has 4 aliphatic carbocycles. The molecule has 4 saturated carbocycles. The fraction of sp³-hybridized carbons (Fsp3) is 0.700. The Morgan fingerprint density at radius 1 is 1.22 bits per heavy atom. The maximum atomic E-state index is 12.7. The smallest absolute Gasteiger partial charge is 0.342 e. The minimum atomic E-state index is -0.681. The number of esters is 1. The largest absolute Gasteiger partial charge is 0.456 e. The average Bonchev–Trinajstić information content (AvgIpc) is 2.51. The van der Waals surface area contributed by atoms with Crippen LogP contribution in [0.3, 0.4) is 0 Å². The Balaban J connectivity index is 1.66. The van der Waals surface area contributed by atoms with Gasteiger partial charge in [-0.25, -0.2) is 9.78 Å². The van der Waals surface area contributed by atoms with Crippen molar-refractivity contribution in [3.63, 3.8) is 0 Å². The van der Waals surface area contributed by atoms with E-state index >= 15 is 0 Å². The standard InChI is InChI=1S/C20H27N3O4/c1-19(2,3)27-18(24)16-7-15(23(25)26)11-21-17(16)22-20-8-12-4-13(9-20)6-14(5-12)10-20/h7,11-14H,4-6,8-10H2,1-3H3,(H,21,22). The first-order valence-corrected chi connectivity index (χ1v) is 9.78. The molecule has 146 valence electrons. The van der Waals surface area contributed by atoms with Gasteiger partial charge >= 0.3 is 5.97 Å². The van der Waals surface area contributed by atoms with Crippen molar-refractivity contribution >= 4 is 17.5 Å². The van der Waals surface area contributed by atoms with Crippen molar-refractivity contribution in [2.24, 2.45) is 17.8 Å². The second-order valence-corrected chi connectivity index (χ2v) is 9.67. The minimum absolute atomic E-state index is 0.0470. The molecule has 1 aromatic heterocycles. The van der Waals surface area contributed by atoms with Gasteiger partial charge in [0.2, 0.25) is 0 Å². The van der Waals surface area contributed by atoms with Gasteiger partial charge in [-0.05, 0) is 77.0 Å². The SMILES string of the molecule is CC(C)(C)OC(=O)c1cc([N+](=O)[O-])cnc1NC12CC3CC(CC(C3)C1)C2. The topological polar surface area (TPSA) is 94.4 Å². The summed E-state index contributed by atoms with van der Waals surface area (Å²) in [7, 11) is 0. The number of anilines is 1. The molecule has 27 heavy (non-hydrogen) atoms. The zero-order valence-electron chi connectivity index (χ0n) is 16.2. The molecule has 7 nitrogen and oxygen atoms in total. The van der Waals surface area contributed by atoms with E-state index in [-0.39, 0.29) is 16.8 Å². The predicted molar refractivity (Wildman–Crippen MR) is 101 cm³/mol. The Morgan fingerprint density at radius 2 is 1.78 bits per heavy atom. The molecule has 4 bridgehead atoms. The van der Waals surface area contributed by atoms with E-state index < -0.39 is 16.5 Å². The molecular formula is C20H27N3O4. The third-order valence-electron chi connectivity index (χ3n) is 6.12. The molecule has 0 unspecified atom stereocenters. The number of nitro groups is 1. The van der Waals surface area contributed by atoms with E-state index in [1.165, 1.54) is 31.5 Å². The molecule has 5 rings (SSSR count). The first kappa shape index (κ1) is 18.2. The van der Waals surface area contributed by atoms with Crippen molar-refractivity contribution in [1.82, 2.24) is 4.98 Å². The van der Waals surface area contributed by atoms with Gasteiger partial charge in [0.25, 0.3) is 5.69 Å². The molecule has 0 atom stereocenters. The minimum Gasteiger partial charge on any atom is -0.456 e. The number of carbonyl (C=O) groups is 1. The van der Waals surface area contributed by atoms with E-state index in [1.807, 2.05) is 0 Å². The first-order chi connectivity index (χ1) is 12.6. The average molecular weight is 373 g/mol. The molecule has 0 amide bonds. The van der Waals surface area contributed by atoms with E-state index in [9.17, 15) is 14.9 Å². The summed E-state index contributed by atoms with van der Waals surface area (Å²) < 4.78 is 5.48. The van der Waals surface area contributed by atoms with Gasteiger partial charge in [0, 0.05) is 11.6 Å². The van der Waals surface area contributed by atoms with Gasteiger partial charge in [0.05, 0.1) is 4.92 Å². The van der Waals surface area contributed by atoms with Crippen LogP contribution in [0.25, 0.3) is 0 Å². The highest BCUT2D eigenvalue weighted by molar-refractivity contribution is 5.95. The highest BCUT2D eigenvalue weighted by Gasteiger charge is 2.51. The number of hydrogen-bond acceptors (Lipinski definition) is 6. The van der Waals surface area contributed by atoms with Crippen molar-refractivity contribution in [2.45, 2.75) is 70.4 Å². The van der Waals surface area contributed by atoms with E-state index in [0.29, 0.717) is 5.82 Å². The van der Waals surface area contributed by atoms with Gasteiger partial charge in [-0.3, -0.25) is 10.1 Å². The van der Waals surface area contributed by atoms with Gasteiger partial charge in [-0.15, -0.1) is 0 Å². The molecule has 0 spiro atoms. The summed E-state index contributed by atoms with van der Waals surface area (Å²) >= 11 is 0. The van der Waals surface area contributed by atoms with Gasteiger partial charge < -0.3 is 10.1 Å². The highest BCUT2D eigenvalue weighted by atomic mass is 16.6.